The van der Waals surface area contributed by atoms with Crippen LogP contribution < -0.4 is 5.32 Å². The SMILES string of the molecule is C[C@@H](Cc1ccccn1)N(C)Cc1cccc(C(=O)Nc2cn(C)nn2)c1. The van der Waals surface area contributed by atoms with Crippen molar-refractivity contribution in [1.82, 2.24) is 24.9 Å². The number of nitrogens with one attached hydrogen (secondary N) is 1. The quantitative estimate of drug-likeness (QED) is 0.697. The Hall–Kier alpha value is -3.06. The second-order valence-corrected chi connectivity index (χ2v) is 6.72. The minimum Gasteiger partial charge on any atom is -0.304 e. The molecule has 140 valence electrons. The van der Waals surface area contributed by atoms with Crippen LogP contribution in [0.3, 0.4) is 0 Å². The Bertz CT molecular complexity index is 892. The average molecular weight is 364 g/mol. The highest BCUT2D eigenvalue weighted by Gasteiger charge is 2.13. The molecule has 2 heterocycles. The van der Waals surface area contributed by atoms with E-state index in [9.17, 15) is 4.79 Å². The smallest absolute Gasteiger partial charge is 0.256 e. The Labute approximate surface area is 159 Å². The third-order valence-electron chi connectivity index (χ3n) is 4.45. The highest BCUT2D eigenvalue weighted by atomic mass is 16.1. The summed E-state index contributed by atoms with van der Waals surface area (Å²) in [4.78, 5) is 19.1. The molecule has 0 fully saturated rings. The van der Waals surface area contributed by atoms with Gasteiger partial charge in [-0.25, -0.2) is 0 Å². The van der Waals surface area contributed by atoms with Crippen LogP contribution in [0, 0.1) is 0 Å². The van der Waals surface area contributed by atoms with Crippen molar-refractivity contribution in [2.45, 2.75) is 25.9 Å². The molecule has 1 N–H and O–H groups in total. The third kappa shape index (κ3) is 5.21. The van der Waals surface area contributed by atoms with Gasteiger partial charge in [-0.3, -0.25) is 19.4 Å². The first kappa shape index (κ1) is 18.7. The maximum absolute atomic E-state index is 12.4. The number of anilines is 1. The summed E-state index contributed by atoms with van der Waals surface area (Å²) in [6, 6.07) is 14.0. The largest absolute Gasteiger partial charge is 0.304 e. The van der Waals surface area contributed by atoms with Crippen LogP contribution in [0.4, 0.5) is 5.82 Å². The van der Waals surface area contributed by atoms with Crippen molar-refractivity contribution in [3.05, 3.63) is 71.7 Å². The minimum atomic E-state index is -0.193. The fourth-order valence-corrected chi connectivity index (χ4v) is 2.83. The zero-order valence-electron chi connectivity index (χ0n) is 15.8. The van der Waals surface area contributed by atoms with Crippen LogP contribution in [0.5, 0.6) is 0 Å². The summed E-state index contributed by atoms with van der Waals surface area (Å²) in [5.41, 5.74) is 2.76. The van der Waals surface area contributed by atoms with E-state index in [-0.39, 0.29) is 5.91 Å². The van der Waals surface area contributed by atoms with Gasteiger partial charge in [0.05, 0.1) is 6.20 Å². The first-order valence-corrected chi connectivity index (χ1v) is 8.88. The normalized spacial score (nSPS) is 12.1. The van der Waals surface area contributed by atoms with Crippen molar-refractivity contribution in [1.29, 1.82) is 0 Å². The average Bonchev–Trinajstić information content (AvgIpc) is 3.07. The van der Waals surface area contributed by atoms with Crippen LogP contribution in [0.2, 0.25) is 0 Å². The molecule has 7 nitrogen and oxygen atoms in total. The molecule has 0 bridgehead atoms. The Kier molecular flexibility index (Phi) is 5.93. The molecular formula is C20H24N6O. The number of aryl methyl sites for hydroxylation is 1. The van der Waals surface area contributed by atoms with Gasteiger partial charge in [-0.2, -0.15) is 0 Å². The highest BCUT2D eigenvalue weighted by Crippen LogP contribution is 2.13. The lowest BCUT2D eigenvalue weighted by molar-refractivity contribution is 0.102. The Balaban J connectivity index is 1.61. The number of hydrogen-bond donors (Lipinski definition) is 1. The summed E-state index contributed by atoms with van der Waals surface area (Å²) in [5.74, 6) is 0.246. The van der Waals surface area contributed by atoms with Crippen molar-refractivity contribution in [3.8, 4) is 0 Å². The molecule has 0 aliphatic carbocycles. The number of carbonyl (C=O) groups is 1. The van der Waals surface area contributed by atoms with Crippen LogP contribution >= 0.6 is 0 Å². The van der Waals surface area contributed by atoms with E-state index in [1.165, 1.54) is 0 Å². The van der Waals surface area contributed by atoms with Crippen LogP contribution in [0.1, 0.15) is 28.5 Å². The summed E-state index contributed by atoms with van der Waals surface area (Å²) in [6.07, 6.45) is 4.36. The molecule has 0 saturated carbocycles. The highest BCUT2D eigenvalue weighted by molar-refractivity contribution is 6.03. The monoisotopic (exact) mass is 364 g/mol. The number of rotatable bonds is 7. The molecule has 0 saturated heterocycles. The molecular weight excluding hydrogens is 340 g/mol. The minimum absolute atomic E-state index is 0.193. The topological polar surface area (TPSA) is 75.9 Å². The predicted octanol–water partition coefficient (Wildman–Crippen LogP) is 2.53. The summed E-state index contributed by atoms with van der Waals surface area (Å²) >= 11 is 0. The van der Waals surface area contributed by atoms with E-state index < -0.39 is 0 Å². The summed E-state index contributed by atoms with van der Waals surface area (Å²) in [5, 5.41) is 10.5. The molecule has 0 radical (unpaired) electrons. The maximum atomic E-state index is 12.4. The molecule has 1 atom stereocenters. The predicted molar refractivity (Wildman–Crippen MR) is 104 cm³/mol. The molecule has 0 aliphatic heterocycles. The van der Waals surface area contributed by atoms with E-state index in [2.05, 4.69) is 39.5 Å². The molecule has 0 spiro atoms. The van der Waals surface area contributed by atoms with Gasteiger partial charge in [-0.1, -0.05) is 23.4 Å². The Morgan fingerprint density at radius 3 is 2.81 bits per heavy atom. The second kappa shape index (κ2) is 8.55. The van der Waals surface area contributed by atoms with Crippen LogP contribution in [0.25, 0.3) is 0 Å². The van der Waals surface area contributed by atoms with Crippen molar-refractivity contribution in [3.63, 3.8) is 0 Å². The fraction of sp³-hybridized carbons (Fsp3) is 0.300. The van der Waals surface area contributed by atoms with Gasteiger partial charge in [0.1, 0.15) is 0 Å². The first-order valence-electron chi connectivity index (χ1n) is 8.88. The molecule has 7 heteroatoms. The molecule has 3 aromatic rings. The summed E-state index contributed by atoms with van der Waals surface area (Å²) in [6.45, 7) is 2.93. The molecule has 0 aliphatic rings. The van der Waals surface area contributed by atoms with Gasteiger partial charge >= 0.3 is 0 Å². The summed E-state index contributed by atoms with van der Waals surface area (Å²) < 4.78 is 1.55. The molecule has 27 heavy (non-hydrogen) atoms. The lowest BCUT2D eigenvalue weighted by Crippen LogP contribution is -2.30. The zero-order chi connectivity index (χ0) is 19.2. The first-order chi connectivity index (χ1) is 13.0. The van der Waals surface area contributed by atoms with E-state index in [1.807, 2.05) is 42.6 Å². The van der Waals surface area contributed by atoms with Crippen molar-refractivity contribution < 1.29 is 4.79 Å². The van der Waals surface area contributed by atoms with Crippen LogP contribution in [-0.4, -0.2) is 43.9 Å². The molecule has 1 amide bonds. The van der Waals surface area contributed by atoms with E-state index in [0.717, 1.165) is 24.2 Å². The number of aromatic nitrogens is 4. The van der Waals surface area contributed by atoms with Gasteiger partial charge in [0.2, 0.25) is 0 Å². The standard InChI is InChI=1S/C20H24N6O/c1-15(11-18-9-4-5-10-21-18)25(2)13-16-7-6-8-17(12-16)20(27)22-19-14-26(3)24-23-19/h4-10,12,14-15H,11,13H2,1-3H3,(H,22,27)/t15-/m0/s1. The van der Waals surface area contributed by atoms with Gasteiger partial charge in [-0.05, 0) is 43.8 Å². The number of carbonyl (C=O) groups excluding carboxylic acids is 1. The van der Waals surface area contributed by atoms with Crippen molar-refractivity contribution in [2.75, 3.05) is 12.4 Å². The maximum Gasteiger partial charge on any atom is 0.256 e. The Morgan fingerprint density at radius 1 is 1.26 bits per heavy atom. The fourth-order valence-electron chi connectivity index (χ4n) is 2.83. The molecule has 2 aromatic heterocycles. The number of hydrogen-bond acceptors (Lipinski definition) is 5. The van der Waals surface area contributed by atoms with Crippen LogP contribution in [0.15, 0.2) is 54.9 Å². The number of likely N-dealkylation sites (N-methyl/N-ethyl adjacent to an activating group) is 1. The van der Waals surface area contributed by atoms with E-state index in [1.54, 1.807) is 24.0 Å². The van der Waals surface area contributed by atoms with Crippen LogP contribution in [-0.2, 0) is 20.0 Å². The van der Waals surface area contributed by atoms with Gasteiger partial charge in [0.25, 0.3) is 5.91 Å². The van der Waals surface area contributed by atoms with Gasteiger partial charge < -0.3 is 5.32 Å². The molecule has 1 aromatic carbocycles. The van der Waals surface area contributed by atoms with Gasteiger partial charge in [0, 0.05) is 43.5 Å². The van der Waals surface area contributed by atoms with E-state index >= 15 is 0 Å². The second-order valence-electron chi connectivity index (χ2n) is 6.72. The van der Waals surface area contributed by atoms with Crippen molar-refractivity contribution >= 4 is 11.7 Å². The van der Waals surface area contributed by atoms with E-state index in [4.69, 9.17) is 0 Å². The number of nitrogens with zero attached hydrogens (tertiary/aromatic N) is 5. The third-order valence-corrected chi connectivity index (χ3v) is 4.45. The lowest BCUT2D eigenvalue weighted by atomic mass is 10.1. The van der Waals surface area contributed by atoms with E-state index in [0.29, 0.717) is 17.4 Å². The Morgan fingerprint density at radius 2 is 2.11 bits per heavy atom. The number of benzene rings is 1. The zero-order valence-corrected chi connectivity index (χ0v) is 15.8. The van der Waals surface area contributed by atoms with Gasteiger partial charge in [-0.15, -0.1) is 5.10 Å². The van der Waals surface area contributed by atoms with Crippen molar-refractivity contribution in [2.24, 2.45) is 7.05 Å². The number of pyridine rings is 1. The summed E-state index contributed by atoms with van der Waals surface area (Å²) in [7, 11) is 3.84. The lowest BCUT2D eigenvalue weighted by Gasteiger charge is -2.24. The number of amides is 1. The molecule has 0 unspecified atom stereocenters. The van der Waals surface area contributed by atoms with Gasteiger partial charge in [0.15, 0.2) is 5.82 Å². The molecule has 3 rings (SSSR count).